The number of ketones is 1. The Morgan fingerprint density at radius 3 is 2.36 bits per heavy atom. The molecule has 11 heteroatoms. The molecular weight excluding hydrogens is 578 g/mol. The second-order valence-electron chi connectivity index (χ2n) is 12.9. The van der Waals surface area contributed by atoms with Crippen LogP contribution in [0.25, 0.3) is 10.9 Å². The molecule has 0 spiro atoms. The second kappa shape index (κ2) is 14.3. The van der Waals surface area contributed by atoms with Gasteiger partial charge in [-0.1, -0.05) is 11.3 Å². The lowest BCUT2D eigenvalue weighted by molar-refractivity contribution is -0.182. The first-order chi connectivity index (χ1) is 21.3. The molecule has 0 aliphatic carbocycles. The summed E-state index contributed by atoms with van der Waals surface area (Å²) in [6, 6.07) is 11.8. The molecule has 1 aliphatic heterocycles. The molecule has 0 bridgehead atoms. The molecule has 242 valence electrons. The fourth-order valence-corrected chi connectivity index (χ4v) is 5.09. The Bertz CT molecular complexity index is 1570. The predicted octanol–water partition coefficient (Wildman–Crippen LogP) is 4.85. The van der Waals surface area contributed by atoms with Gasteiger partial charge in [-0.25, -0.2) is 4.68 Å². The van der Waals surface area contributed by atoms with Gasteiger partial charge < -0.3 is 18.9 Å². The van der Waals surface area contributed by atoms with Crippen molar-refractivity contribution in [3.8, 4) is 5.75 Å². The molecule has 0 N–H and O–H groups in total. The van der Waals surface area contributed by atoms with Gasteiger partial charge in [0, 0.05) is 31.7 Å². The Balaban J connectivity index is 1.63. The van der Waals surface area contributed by atoms with E-state index in [1.54, 1.807) is 77.1 Å². The molecule has 45 heavy (non-hydrogen) atoms. The van der Waals surface area contributed by atoms with E-state index in [1.807, 2.05) is 6.92 Å². The fourth-order valence-electron chi connectivity index (χ4n) is 5.09. The van der Waals surface area contributed by atoms with E-state index in [4.69, 9.17) is 18.9 Å². The van der Waals surface area contributed by atoms with Crippen molar-refractivity contribution in [2.45, 2.75) is 85.5 Å². The Kier molecular flexibility index (Phi) is 10.7. The summed E-state index contributed by atoms with van der Waals surface area (Å²) in [5.74, 6) is -1.27. The number of carbonyl (C=O) groups is 3. The summed E-state index contributed by atoms with van der Waals surface area (Å²) < 4.78 is 23.7. The molecule has 1 atom stereocenters. The number of benzene rings is 2. The molecule has 0 amide bonds. The first-order valence-corrected chi connectivity index (χ1v) is 15.4. The highest BCUT2D eigenvalue weighted by Crippen LogP contribution is 2.35. The number of esters is 2. The third kappa shape index (κ3) is 8.75. The topological polar surface area (TPSA) is 136 Å². The van der Waals surface area contributed by atoms with E-state index >= 15 is 0 Å². The molecule has 3 aromatic rings. The Labute approximate surface area is 263 Å². The smallest absolute Gasteiger partial charge is 0.324 e. The molecule has 1 saturated heterocycles. The quantitative estimate of drug-likeness (QED) is 0.157. The second-order valence-corrected chi connectivity index (χ2v) is 12.9. The van der Waals surface area contributed by atoms with Crippen LogP contribution < -0.4 is 10.3 Å². The van der Waals surface area contributed by atoms with Crippen molar-refractivity contribution in [3.05, 3.63) is 63.9 Å². The van der Waals surface area contributed by atoms with Crippen molar-refractivity contribution in [1.82, 2.24) is 15.0 Å². The van der Waals surface area contributed by atoms with Gasteiger partial charge in [-0.2, -0.15) is 0 Å². The highest BCUT2D eigenvalue weighted by atomic mass is 16.6. The summed E-state index contributed by atoms with van der Waals surface area (Å²) in [4.78, 5) is 54.7. The lowest BCUT2D eigenvalue weighted by atomic mass is 9.78. The Morgan fingerprint density at radius 2 is 1.71 bits per heavy atom. The number of fused-ring (bicyclic) bond motifs is 1. The summed E-state index contributed by atoms with van der Waals surface area (Å²) in [6.07, 6.45) is 0.481. The van der Waals surface area contributed by atoms with Crippen LogP contribution in [0.15, 0.2) is 47.3 Å². The normalized spacial score (nSPS) is 15.4. The van der Waals surface area contributed by atoms with Crippen molar-refractivity contribution in [1.29, 1.82) is 0 Å². The van der Waals surface area contributed by atoms with Crippen LogP contribution in [0.1, 0.15) is 76.2 Å². The molecule has 2 aromatic carbocycles. The minimum atomic E-state index is -2.06. The molecule has 11 nitrogen and oxygen atoms in total. The highest BCUT2D eigenvalue weighted by Gasteiger charge is 2.52. The van der Waals surface area contributed by atoms with Crippen molar-refractivity contribution in [2.24, 2.45) is 11.3 Å². The van der Waals surface area contributed by atoms with E-state index in [0.29, 0.717) is 29.2 Å². The van der Waals surface area contributed by atoms with Crippen molar-refractivity contribution >= 4 is 28.6 Å². The summed E-state index contributed by atoms with van der Waals surface area (Å²) in [7, 11) is 0. The largest absolute Gasteiger partial charge is 0.493 e. The monoisotopic (exact) mass is 621 g/mol. The minimum absolute atomic E-state index is 0.186. The van der Waals surface area contributed by atoms with Gasteiger partial charge in [0.15, 0.2) is 11.2 Å². The van der Waals surface area contributed by atoms with Crippen LogP contribution in [0.2, 0.25) is 0 Å². The number of aromatic nitrogens is 3. The number of hydrogen-bond donors (Lipinski definition) is 0. The van der Waals surface area contributed by atoms with Crippen molar-refractivity contribution in [3.63, 3.8) is 0 Å². The van der Waals surface area contributed by atoms with Crippen LogP contribution in [0.3, 0.4) is 0 Å². The average Bonchev–Trinajstić information content (AvgIpc) is 2.98. The molecular formula is C34H43N3O8. The van der Waals surface area contributed by atoms with E-state index in [-0.39, 0.29) is 18.5 Å². The number of hydrogen-bond acceptors (Lipinski definition) is 10. The van der Waals surface area contributed by atoms with Gasteiger partial charge >= 0.3 is 11.9 Å². The lowest BCUT2D eigenvalue weighted by Gasteiger charge is -2.33. The average molecular weight is 622 g/mol. The molecule has 0 radical (unpaired) electrons. The number of carbonyl (C=O) groups excluding carboxylic acids is 3. The van der Waals surface area contributed by atoms with Gasteiger partial charge in [-0.05, 0) is 109 Å². The molecule has 1 unspecified atom stereocenters. The number of aryl methyl sites for hydroxylation is 2. The zero-order valence-corrected chi connectivity index (χ0v) is 27.0. The van der Waals surface area contributed by atoms with Crippen LogP contribution in [0, 0.1) is 18.3 Å². The van der Waals surface area contributed by atoms with Crippen LogP contribution in [-0.2, 0) is 30.3 Å². The van der Waals surface area contributed by atoms with E-state index in [0.717, 1.165) is 36.3 Å². The number of Topliss-reactive ketones (excluding diaryl/α,β-unsaturated/α-hetero) is 1. The molecule has 1 fully saturated rings. The zero-order valence-electron chi connectivity index (χ0n) is 27.0. The first-order valence-electron chi connectivity index (χ1n) is 15.4. The van der Waals surface area contributed by atoms with Gasteiger partial charge in [-0.15, -0.1) is 5.10 Å². The zero-order chi connectivity index (χ0) is 32.8. The first kappa shape index (κ1) is 33.8. The number of rotatable bonds is 12. The van der Waals surface area contributed by atoms with E-state index < -0.39 is 46.8 Å². The van der Waals surface area contributed by atoms with Crippen LogP contribution in [0.5, 0.6) is 5.75 Å². The minimum Gasteiger partial charge on any atom is -0.493 e. The maximum absolute atomic E-state index is 13.9. The highest BCUT2D eigenvalue weighted by molar-refractivity contribution is 6.07. The van der Waals surface area contributed by atoms with Gasteiger partial charge in [0.2, 0.25) is 0 Å². The van der Waals surface area contributed by atoms with E-state index in [1.165, 1.54) is 0 Å². The van der Waals surface area contributed by atoms with Gasteiger partial charge in [-0.3, -0.25) is 19.2 Å². The predicted molar refractivity (Wildman–Crippen MR) is 167 cm³/mol. The van der Waals surface area contributed by atoms with E-state index in [9.17, 15) is 19.2 Å². The maximum Gasteiger partial charge on any atom is 0.324 e. The van der Waals surface area contributed by atoms with Gasteiger partial charge in [0.25, 0.3) is 5.56 Å². The lowest BCUT2D eigenvalue weighted by Crippen LogP contribution is -2.48. The van der Waals surface area contributed by atoms with Crippen LogP contribution in [0.4, 0.5) is 0 Å². The summed E-state index contributed by atoms with van der Waals surface area (Å²) in [6.45, 7) is 12.0. The van der Waals surface area contributed by atoms with E-state index in [2.05, 4.69) is 10.3 Å². The molecule has 0 saturated carbocycles. The maximum atomic E-state index is 13.9. The SMILES string of the molecule is Cc1ccc2c(=O)n(CCC(CC(=O)c3ccc(OCC4CCOCC4)cc3)(C(=O)OC(C)C)C(=O)OC(C)(C)C)nnc2c1. The number of nitrogens with zero attached hydrogens (tertiary/aromatic N) is 3. The van der Waals surface area contributed by atoms with Gasteiger partial charge in [0.05, 0.1) is 18.1 Å². The Morgan fingerprint density at radius 1 is 1.02 bits per heavy atom. The molecule has 2 heterocycles. The fraction of sp³-hybridized carbons (Fsp3) is 0.529. The summed E-state index contributed by atoms with van der Waals surface area (Å²) in [5.41, 5.74) is -1.81. The standard InChI is InChI=1S/C34H43N3O8/c1-22(2)44-31(40)34(32(41)45-33(4,5)6,15-16-37-30(39)27-12-7-23(3)19-28(27)35-36-37)20-29(38)25-8-10-26(11-9-25)43-21-24-13-17-42-18-14-24/h7-12,19,22,24H,13-18,20-21H2,1-6H3. The summed E-state index contributed by atoms with van der Waals surface area (Å²) in [5, 5.41) is 8.55. The molecule has 1 aromatic heterocycles. The van der Waals surface area contributed by atoms with Crippen molar-refractivity contribution < 1.29 is 33.3 Å². The van der Waals surface area contributed by atoms with Crippen molar-refractivity contribution in [2.75, 3.05) is 19.8 Å². The molecule has 4 rings (SSSR count). The third-order valence-electron chi connectivity index (χ3n) is 7.62. The van der Waals surface area contributed by atoms with Crippen LogP contribution >= 0.6 is 0 Å². The Hall–Kier alpha value is -4.12. The molecule has 1 aliphatic rings. The third-order valence-corrected chi connectivity index (χ3v) is 7.62. The van der Waals surface area contributed by atoms with Crippen LogP contribution in [-0.4, -0.2) is 64.2 Å². The van der Waals surface area contributed by atoms with Gasteiger partial charge in [0.1, 0.15) is 16.9 Å². The summed E-state index contributed by atoms with van der Waals surface area (Å²) >= 11 is 0. The number of ether oxygens (including phenoxy) is 4.